The summed E-state index contributed by atoms with van der Waals surface area (Å²) < 4.78 is 1.26. The third-order valence-electron chi connectivity index (χ3n) is 4.15. The van der Waals surface area contributed by atoms with Crippen LogP contribution in [0.4, 0.5) is 5.13 Å². The topological polar surface area (TPSA) is 28.2 Å². The molecular weight excluding hydrogens is 266 g/mol. The Balaban J connectivity index is 1.58. The van der Waals surface area contributed by atoms with E-state index in [-0.39, 0.29) is 0 Å². The molecular formula is C16H23N3S. The van der Waals surface area contributed by atoms with Gasteiger partial charge >= 0.3 is 0 Å². The van der Waals surface area contributed by atoms with Crippen LogP contribution in [0, 0.1) is 5.92 Å². The SMILES string of the molecule is CC1CCCN(C(C)CNc2nc3ccccc3s2)C1. The van der Waals surface area contributed by atoms with Gasteiger partial charge in [-0.25, -0.2) is 4.98 Å². The molecule has 2 atom stereocenters. The molecule has 2 heterocycles. The van der Waals surface area contributed by atoms with E-state index in [1.807, 2.05) is 6.07 Å². The van der Waals surface area contributed by atoms with E-state index in [0.717, 1.165) is 23.1 Å². The van der Waals surface area contributed by atoms with Gasteiger partial charge in [0, 0.05) is 19.1 Å². The maximum Gasteiger partial charge on any atom is 0.183 e. The molecule has 1 aromatic carbocycles. The van der Waals surface area contributed by atoms with E-state index < -0.39 is 0 Å². The fraction of sp³-hybridized carbons (Fsp3) is 0.562. The molecule has 3 rings (SSSR count). The molecule has 1 N–H and O–H groups in total. The van der Waals surface area contributed by atoms with Crippen molar-refractivity contribution in [2.24, 2.45) is 5.92 Å². The van der Waals surface area contributed by atoms with Gasteiger partial charge in [-0.1, -0.05) is 30.4 Å². The average Bonchev–Trinajstić information content (AvgIpc) is 2.87. The highest BCUT2D eigenvalue weighted by molar-refractivity contribution is 7.22. The minimum absolute atomic E-state index is 0.574. The van der Waals surface area contributed by atoms with E-state index in [9.17, 15) is 0 Å². The number of aromatic nitrogens is 1. The number of benzene rings is 1. The number of hydrogen-bond donors (Lipinski definition) is 1. The second-order valence-electron chi connectivity index (χ2n) is 5.96. The van der Waals surface area contributed by atoms with Gasteiger partial charge in [0.2, 0.25) is 0 Å². The zero-order chi connectivity index (χ0) is 13.9. The van der Waals surface area contributed by atoms with E-state index in [1.165, 1.54) is 30.6 Å². The van der Waals surface area contributed by atoms with Crippen LogP contribution in [0.2, 0.25) is 0 Å². The van der Waals surface area contributed by atoms with Crippen LogP contribution in [0.15, 0.2) is 24.3 Å². The lowest BCUT2D eigenvalue weighted by atomic mass is 9.99. The molecule has 108 valence electrons. The number of likely N-dealkylation sites (tertiary alicyclic amines) is 1. The van der Waals surface area contributed by atoms with Crippen molar-refractivity contribution in [1.29, 1.82) is 0 Å². The molecule has 1 saturated heterocycles. The predicted octanol–water partition coefficient (Wildman–Crippen LogP) is 3.83. The highest BCUT2D eigenvalue weighted by atomic mass is 32.1. The van der Waals surface area contributed by atoms with Crippen molar-refractivity contribution in [3.05, 3.63) is 24.3 Å². The van der Waals surface area contributed by atoms with E-state index in [4.69, 9.17) is 0 Å². The molecule has 2 aromatic rings. The van der Waals surface area contributed by atoms with Crippen LogP contribution in [0.3, 0.4) is 0 Å². The van der Waals surface area contributed by atoms with Crippen LogP contribution in [0.5, 0.6) is 0 Å². The van der Waals surface area contributed by atoms with E-state index in [0.29, 0.717) is 6.04 Å². The summed E-state index contributed by atoms with van der Waals surface area (Å²) in [7, 11) is 0. The first-order chi connectivity index (χ1) is 9.72. The van der Waals surface area contributed by atoms with Crippen molar-refractivity contribution in [3.63, 3.8) is 0 Å². The Kier molecular flexibility index (Phi) is 4.22. The molecule has 0 spiro atoms. The van der Waals surface area contributed by atoms with Gasteiger partial charge in [0.05, 0.1) is 10.2 Å². The third kappa shape index (κ3) is 3.13. The molecule has 0 radical (unpaired) electrons. The molecule has 0 bridgehead atoms. The molecule has 4 heteroatoms. The van der Waals surface area contributed by atoms with Crippen LogP contribution in [0.25, 0.3) is 10.2 Å². The summed E-state index contributed by atoms with van der Waals surface area (Å²) >= 11 is 1.75. The molecule has 3 nitrogen and oxygen atoms in total. The van der Waals surface area contributed by atoms with E-state index in [1.54, 1.807) is 11.3 Å². The summed E-state index contributed by atoms with van der Waals surface area (Å²) in [6, 6.07) is 8.90. The van der Waals surface area contributed by atoms with Crippen molar-refractivity contribution in [3.8, 4) is 0 Å². The quantitative estimate of drug-likeness (QED) is 0.927. The maximum absolute atomic E-state index is 4.63. The summed E-state index contributed by atoms with van der Waals surface area (Å²) in [5, 5.41) is 4.56. The minimum Gasteiger partial charge on any atom is -0.360 e. The summed E-state index contributed by atoms with van der Waals surface area (Å²) in [4.78, 5) is 7.24. The van der Waals surface area contributed by atoms with Gasteiger partial charge < -0.3 is 5.32 Å². The zero-order valence-corrected chi connectivity index (χ0v) is 13.1. The van der Waals surface area contributed by atoms with Crippen LogP contribution >= 0.6 is 11.3 Å². The largest absolute Gasteiger partial charge is 0.360 e. The Hall–Kier alpha value is -1.13. The Bertz CT molecular complexity index is 533. The van der Waals surface area contributed by atoms with Crippen LogP contribution in [-0.2, 0) is 0 Å². The molecule has 1 aliphatic rings. The van der Waals surface area contributed by atoms with Gasteiger partial charge in [0.25, 0.3) is 0 Å². The van der Waals surface area contributed by atoms with E-state index >= 15 is 0 Å². The number of thiazole rings is 1. The van der Waals surface area contributed by atoms with Gasteiger partial charge in [0.15, 0.2) is 5.13 Å². The summed E-state index contributed by atoms with van der Waals surface area (Å²) in [6.07, 6.45) is 2.72. The van der Waals surface area contributed by atoms with Gasteiger partial charge in [0.1, 0.15) is 0 Å². The second kappa shape index (κ2) is 6.10. The monoisotopic (exact) mass is 289 g/mol. The van der Waals surface area contributed by atoms with Crippen molar-refractivity contribution in [2.75, 3.05) is 25.0 Å². The lowest BCUT2D eigenvalue weighted by Gasteiger charge is -2.35. The van der Waals surface area contributed by atoms with E-state index in [2.05, 4.69) is 47.2 Å². The first-order valence-corrected chi connectivity index (χ1v) is 8.37. The van der Waals surface area contributed by atoms with Gasteiger partial charge in [-0.3, -0.25) is 4.90 Å². The smallest absolute Gasteiger partial charge is 0.183 e. The third-order valence-corrected chi connectivity index (χ3v) is 5.15. The maximum atomic E-state index is 4.63. The Labute approximate surface area is 125 Å². The number of nitrogens with zero attached hydrogens (tertiary/aromatic N) is 2. The summed E-state index contributed by atoms with van der Waals surface area (Å²) in [5.74, 6) is 0.841. The molecule has 0 aliphatic carbocycles. The van der Waals surface area contributed by atoms with Crippen LogP contribution in [-0.4, -0.2) is 35.6 Å². The Morgan fingerprint density at radius 3 is 3.10 bits per heavy atom. The zero-order valence-electron chi connectivity index (χ0n) is 12.3. The first-order valence-electron chi connectivity index (χ1n) is 7.56. The highest BCUT2D eigenvalue weighted by Crippen LogP contribution is 2.25. The highest BCUT2D eigenvalue weighted by Gasteiger charge is 2.20. The number of fused-ring (bicyclic) bond motifs is 1. The molecule has 0 saturated carbocycles. The van der Waals surface area contributed by atoms with Crippen LogP contribution < -0.4 is 5.32 Å². The Morgan fingerprint density at radius 1 is 1.45 bits per heavy atom. The normalized spacial score (nSPS) is 22.0. The predicted molar refractivity (Wildman–Crippen MR) is 87.5 cm³/mol. The lowest BCUT2D eigenvalue weighted by molar-refractivity contribution is 0.144. The molecule has 1 aliphatic heterocycles. The van der Waals surface area contributed by atoms with Crippen molar-refractivity contribution < 1.29 is 0 Å². The van der Waals surface area contributed by atoms with Crippen molar-refractivity contribution in [1.82, 2.24) is 9.88 Å². The number of para-hydroxylation sites is 1. The van der Waals surface area contributed by atoms with Gasteiger partial charge in [-0.05, 0) is 44.4 Å². The molecule has 1 aromatic heterocycles. The number of anilines is 1. The standard InChI is InChI=1S/C16H23N3S/c1-12-6-5-9-19(11-12)13(2)10-17-16-18-14-7-3-4-8-15(14)20-16/h3-4,7-8,12-13H,5-6,9-11H2,1-2H3,(H,17,18). The number of piperidine rings is 1. The molecule has 1 fully saturated rings. The van der Waals surface area contributed by atoms with Crippen molar-refractivity contribution >= 4 is 26.7 Å². The fourth-order valence-corrected chi connectivity index (χ4v) is 3.81. The molecule has 0 amide bonds. The lowest BCUT2D eigenvalue weighted by Crippen LogP contribution is -2.43. The van der Waals surface area contributed by atoms with Gasteiger partial charge in [-0.2, -0.15) is 0 Å². The van der Waals surface area contributed by atoms with Crippen molar-refractivity contribution in [2.45, 2.75) is 32.7 Å². The fourth-order valence-electron chi connectivity index (χ4n) is 2.94. The number of rotatable bonds is 4. The summed E-state index contributed by atoms with van der Waals surface area (Å²) in [5.41, 5.74) is 1.10. The van der Waals surface area contributed by atoms with Crippen LogP contribution in [0.1, 0.15) is 26.7 Å². The number of hydrogen-bond acceptors (Lipinski definition) is 4. The Morgan fingerprint density at radius 2 is 2.30 bits per heavy atom. The minimum atomic E-state index is 0.574. The number of nitrogens with one attached hydrogen (secondary N) is 1. The van der Waals surface area contributed by atoms with Gasteiger partial charge in [-0.15, -0.1) is 0 Å². The first kappa shape index (κ1) is 13.8. The molecule has 2 unspecified atom stereocenters. The molecule has 20 heavy (non-hydrogen) atoms. The summed E-state index contributed by atoms with van der Waals surface area (Å²) in [6.45, 7) is 8.14. The second-order valence-corrected chi connectivity index (χ2v) is 6.99. The average molecular weight is 289 g/mol.